The molecule has 4 aromatic rings. The maximum absolute atomic E-state index is 13.1. The molecule has 0 fully saturated rings. The van der Waals surface area contributed by atoms with Crippen molar-refractivity contribution in [1.29, 1.82) is 0 Å². The van der Waals surface area contributed by atoms with Gasteiger partial charge in [-0.1, -0.05) is 23.7 Å². The fourth-order valence-electron chi connectivity index (χ4n) is 2.85. The summed E-state index contributed by atoms with van der Waals surface area (Å²) in [6.07, 6.45) is 2.68. The summed E-state index contributed by atoms with van der Waals surface area (Å²) >= 11 is 5.84. The number of carbonyl (C=O) groups is 1. The van der Waals surface area contributed by atoms with Crippen LogP contribution < -0.4 is 10.9 Å². The van der Waals surface area contributed by atoms with Crippen molar-refractivity contribution in [2.24, 2.45) is 0 Å². The molecule has 9 heteroatoms. The molecule has 0 saturated carbocycles. The first-order valence-electron chi connectivity index (χ1n) is 8.71. The molecule has 0 aliphatic carbocycles. The van der Waals surface area contributed by atoms with Crippen LogP contribution in [-0.2, 0) is 17.9 Å². The molecule has 0 bridgehead atoms. The van der Waals surface area contributed by atoms with Crippen molar-refractivity contribution in [2.75, 3.05) is 0 Å². The third-order valence-corrected chi connectivity index (χ3v) is 4.59. The number of benzene rings is 2. The number of hydrogen-bond donors (Lipinski definition) is 1. The summed E-state index contributed by atoms with van der Waals surface area (Å²) in [5.41, 5.74) is 1.42. The number of rotatable bonds is 5. The third kappa shape index (κ3) is 4.02. The zero-order valence-electron chi connectivity index (χ0n) is 15.0. The van der Waals surface area contributed by atoms with E-state index < -0.39 is 0 Å². The van der Waals surface area contributed by atoms with E-state index in [1.165, 1.54) is 33.9 Å². The van der Waals surface area contributed by atoms with Crippen molar-refractivity contribution < 1.29 is 9.18 Å². The van der Waals surface area contributed by atoms with E-state index in [-0.39, 0.29) is 29.2 Å². The number of amides is 1. The highest BCUT2D eigenvalue weighted by Gasteiger charge is 2.13. The Morgan fingerprint density at radius 2 is 1.83 bits per heavy atom. The van der Waals surface area contributed by atoms with Gasteiger partial charge in [0.2, 0.25) is 5.91 Å². The first-order valence-corrected chi connectivity index (χ1v) is 9.09. The summed E-state index contributed by atoms with van der Waals surface area (Å²) in [7, 11) is 0. The predicted molar refractivity (Wildman–Crippen MR) is 106 cm³/mol. The first kappa shape index (κ1) is 18.8. The van der Waals surface area contributed by atoms with Gasteiger partial charge in [0.25, 0.3) is 5.56 Å². The average molecular weight is 412 g/mol. The molecule has 146 valence electrons. The van der Waals surface area contributed by atoms with E-state index in [9.17, 15) is 14.0 Å². The molecule has 0 saturated heterocycles. The van der Waals surface area contributed by atoms with E-state index in [1.54, 1.807) is 24.3 Å². The second-order valence-corrected chi connectivity index (χ2v) is 6.79. The molecule has 0 aliphatic heterocycles. The summed E-state index contributed by atoms with van der Waals surface area (Å²) < 4.78 is 15.8. The van der Waals surface area contributed by atoms with Crippen LogP contribution in [0.4, 0.5) is 4.39 Å². The zero-order valence-corrected chi connectivity index (χ0v) is 15.8. The van der Waals surface area contributed by atoms with Gasteiger partial charge < -0.3 is 5.32 Å². The number of carbonyl (C=O) groups excluding carboxylic acids is 1. The SMILES string of the molecule is O=C(Cn1cnc2c(cnn2-c2ccc(F)cc2)c1=O)NCc1ccc(Cl)cc1. The molecule has 1 N–H and O–H groups in total. The highest BCUT2D eigenvalue weighted by molar-refractivity contribution is 6.30. The predicted octanol–water partition coefficient (Wildman–Crippen LogP) is 2.69. The van der Waals surface area contributed by atoms with Crippen molar-refractivity contribution in [3.05, 3.63) is 87.8 Å². The highest BCUT2D eigenvalue weighted by atomic mass is 35.5. The van der Waals surface area contributed by atoms with Crippen LogP contribution in [0.15, 0.2) is 65.8 Å². The monoisotopic (exact) mass is 411 g/mol. The first-order chi connectivity index (χ1) is 14.0. The zero-order chi connectivity index (χ0) is 20.4. The topological polar surface area (TPSA) is 81.8 Å². The van der Waals surface area contributed by atoms with Crippen LogP contribution in [0, 0.1) is 5.82 Å². The lowest BCUT2D eigenvalue weighted by Gasteiger charge is -2.08. The molecule has 1 amide bonds. The molecule has 29 heavy (non-hydrogen) atoms. The van der Waals surface area contributed by atoms with Gasteiger partial charge in [0, 0.05) is 11.6 Å². The van der Waals surface area contributed by atoms with Gasteiger partial charge in [0.05, 0.1) is 11.9 Å². The van der Waals surface area contributed by atoms with E-state index in [2.05, 4.69) is 15.4 Å². The lowest BCUT2D eigenvalue weighted by Crippen LogP contribution is -2.32. The molecule has 4 rings (SSSR count). The molecular weight excluding hydrogens is 397 g/mol. The standard InChI is InChI=1S/C20H15ClFN5O2/c21-14-3-1-13(2-4-14)9-23-18(28)11-26-12-24-19-17(20(26)29)10-25-27(19)16-7-5-15(22)6-8-16/h1-8,10,12H,9,11H2,(H,23,28). The average Bonchev–Trinajstić information content (AvgIpc) is 3.15. The number of nitrogens with one attached hydrogen (secondary N) is 1. The highest BCUT2D eigenvalue weighted by Crippen LogP contribution is 2.14. The van der Waals surface area contributed by atoms with Crippen molar-refractivity contribution >= 4 is 28.5 Å². The molecule has 0 spiro atoms. The largest absolute Gasteiger partial charge is 0.350 e. The fraction of sp³-hybridized carbons (Fsp3) is 0.100. The van der Waals surface area contributed by atoms with E-state index >= 15 is 0 Å². The normalized spacial score (nSPS) is 11.0. The van der Waals surface area contributed by atoms with Crippen molar-refractivity contribution in [3.63, 3.8) is 0 Å². The van der Waals surface area contributed by atoms with Crippen LogP contribution >= 0.6 is 11.6 Å². The van der Waals surface area contributed by atoms with Gasteiger partial charge >= 0.3 is 0 Å². The van der Waals surface area contributed by atoms with Crippen molar-refractivity contribution in [2.45, 2.75) is 13.1 Å². The summed E-state index contributed by atoms with van der Waals surface area (Å²) in [6, 6.07) is 12.8. The summed E-state index contributed by atoms with van der Waals surface area (Å²) in [5.74, 6) is -0.695. The Morgan fingerprint density at radius 3 is 2.55 bits per heavy atom. The number of hydrogen-bond acceptors (Lipinski definition) is 4. The lowest BCUT2D eigenvalue weighted by atomic mass is 10.2. The van der Waals surface area contributed by atoms with Crippen LogP contribution in [-0.4, -0.2) is 25.2 Å². The molecule has 0 aliphatic rings. The van der Waals surface area contributed by atoms with E-state index in [1.807, 2.05) is 12.1 Å². The molecule has 0 unspecified atom stereocenters. The molecule has 7 nitrogen and oxygen atoms in total. The van der Waals surface area contributed by atoms with E-state index in [4.69, 9.17) is 11.6 Å². The Morgan fingerprint density at radius 1 is 1.10 bits per heavy atom. The maximum atomic E-state index is 13.1. The quantitative estimate of drug-likeness (QED) is 0.547. The Kier molecular flexibility index (Phi) is 5.09. The van der Waals surface area contributed by atoms with Crippen LogP contribution in [0.1, 0.15) is 5.56 Å². The number of halogens is 2. The van der Waals surface area contributed by atoms with Crippen molar-refractivity contribution in [1.82, 2.24) is 24.6 Å². The van der Waals surface area contributed by atoms with Gasteiger partial charge in [-0.3, -0.25) is 14.2 Å². The molecule has 2 heterocycles. The van der Waals surface area contributed by atoms with Gasteiger partial charge in [0.1, 0.15) is 24.1 Å². The summed E-state index contributed by atoms with van der Waals surface area (Å²) in [4.78, 5) is 29.2. The van der Waals surface area contributed by atoms with Gasteiger partial charge in [-0.25, -0.2) is 14.1 Å². The number of nitrogens with zero attached hydrogens (tertiary/aromatic N) is 4. The minimum Gasteiger partial charge on any atom is -0.350 e. The van der Waals surface area contributed by atoms with Gasteiger partial charge in [-0.2, -0.15) is 5.10 Å². The Hall–Kier alpha value is -3.52. The molecular formula is C20H15ClFN5O2. The molecule has 2 aromatic heterocycles. The number of fused-ring (bicyclic) bond motifs is 1. The number of aromatic nitrogens is 4. The van der Waals surface area contributed by atoms with E-state index in [0.717, 1.165) is 5.56 Å². The Bertz CT molecular complexity index is 1230. The minimum absolute atomic E-state index is 0.170. The van der Waals surface area contributed by atoms with Crippen LogP contribution in [0.5, 0.6) is 0 Å². The summed E-state index contributed by atoms with van der Waals surface area (Å²) in [6.45, 7) is 0.153. The smallest absolute Gasteiger partial charge is 0.264 e. The summed E-state index contributed by atoms with van der Waals surface area (Å²) in [5, 5.41) is 7.80. The van der Waals surface area contributed by atoms with Crippen LogP contribution in [0.2, 0.25) is 5.02 Å². The van der Waals surface area contributed by atoms with Crippen LogP contribution in [0.25, 0.3) is 16.7 Å². The minimum atomic E-state index is -0.384. The molecule has 2 aromatic carbocycles. The lowest BCUT2D eigenvalue weighted by molar-refractivity contribution is -0.121. The van der Waals surface area contributed by atoms with E-state index in [0.29, 0.717) is 22.9 Å². The molecule has 0 atom stereocenters. The second-order valence-electron chi connectivity index (χ2n) is 6.35. The van der Waals surface area contributed by atoms with Gasteiger partial charge in [-0.05, 0) is 42.0 Å². The second kappa shape index (κ2) is 7.84. The third-order valence-electron chi connectivity index (χ3n) is 4.34. The van der Waals surface area contributed by atoms with Crippen LogP contribution in [0.3, 0.4) is 0 Å². The van der Waals surface area contributed by atoms with Gasteiger partial charge in [-0.15, -0.1) is 0 Å². The van der Waals surface area contributed by atoms with Gasteiger partial charge in [0.15, 0.2) is 5.65 Å². The Balaban J connectivity index is 1.52. The van der Waals surface area contributed by atoms with Crippen molar-refractivity contribution in [3.8, 4) is 5.69 Å². The Labute approximate surface area is 169 Å². The fourth-order valence-corrected chi connectivity index (χ4v) is 2.97. The molecule has 0 radical (unpaired) electrons. The maximum Gasteiger partial charge on any atom is 0.264 e.